The molecule has 0 unspecified atom stereocenters. The summed E-state index contributed by atoms with van der Waals surface area (Å²) in [5, 5.41) is 0. The van der Waals surface area contributed by atoms with Gasteiger partial charge in [-0.2, -0.15) is 0 Å². The van der Waals surface area contributed by atoms with Gasteiger partial charge in [-0.3, -0.25) is 4.79 Å². The van der Waals surface area contributed by atoms with Crippen molar-refractivity contribution < 1.29 is 9.18 Å². The summed E-state index contributed by atoms with van der Waals surface area (Å²) in [4.78, 5) is 19.3. The van der Waals surface area contributed by atoms with Crippen molar-refractivity contribution in [1.82, 2.24) is 9.55 Å². The predicted molar refractivity (Wildman–Crippen MR) is 116 cm³/mol. The van der Waals surface area contributed by atoms with Gasteiger partial charge in [0.1, 0.15) is 11.6 Å². The van der Waals surface area contributed by atoms with E-state index < -0.39 is 0 Å². The lowest BCUT2D eigenvalue weighted by molar-refractivity contribution is -0.117. The Balaban J connectivity index is 1.58. The van der Waals surface area contributed by atoms with Gasteiger partial charge in [-0.05, 0) is 36.8 Å². The fraction of sp³-hybridized carbons (Fsp3) is 0.200. The highest BCUT2D eigenvalue weighted by molar-refractivity contribution is 5.96. The molecule has 1 aromatic heterocycles. The summed E-state index contributed by atoms with van der Waals surface area (Å²) >= 11 is 0. The molecule has 30 heavy (non-hydrogen) atoms. The Morgan fingerprint density at radius 1 is 0.967 bits per heavy atom. The van der Waals surface area contributed by atoms with Gasteiger partial charge in [-0.25, -0.2) is 9.37 Å². The maximum Gasteiger partial charge on any atom is 0.227 e. The highest BCUT2D eigenvalue weighted by Crippen LogP contribution is 2.36. The Labute approximate surface area is 174 Å². The van der Waals surface area contributed by atoms with E-state index in [-0.39, 0.29) is 23.7 Å². The number of fused-ring (bicyclic) bond motifs is 1. The van der Waals surface area contributed by atoms with Crippen LogP contribution in [-0.2, 0) is 4.79 Å². The summed E-state index contributed by atoms with van der Waals surface area (Å²) in [7, 11) is 0. The average molecular weight is 399 g/mol. The van der Waals surface area contributed by atoms with Crippen LogP contribution in [0.2, 0.25) is 0 Å². The lowest BCUT2D eigenvalue weighted by atomic mass is 10.0. The number of carbonyl (C=O) groups excluding carboxylic acids is 1. The molecule has 3 aromatic carbocycles. The van der Waals surface area contributed by atoms with E-state index in [0.717, 1.165) is 16.9 Å². The summed E-state index contributed by atoms with van der Waals surface area (Å²) in [6.45, 7) is 2.57. The van der Waals surface area contributed by atoms with Gasteiger partial charge in [-0.15, -0.1) is 0 Å². The Morgan fingerprint density at radius 2 is 1.67 bits per heavy atom. The van der Waals surface area contributed by atoms with Crippen LogP contribution in [0.5, 0.6) is 0 Å². The Morgan fingerprint density at radius 3 is 2.47 bits per heavy atom. The number of halogens is 1. The van der Waals surface area contributed by atoms with Gasteiger partial charge >= 0.3 is 0 Å². The number of rotatable bonds is 4. The third-order valence-electron chi connectivity index (χ3n) is 5.93. The Kier molecular flexibility index (Phi) is 4.58. The van der Waals surface area contributed by atoms with Crippen molar-refractivity contribution in [3.05, 3.63) is 96.1 Å². The number of aromatic nitrogens is 2. The molecular weight excluding hydrogens is 377 g/mol. The van der Waals surface area contributed by atoms with E-state index in [4.69, 9.17) is 4.98 Å². The summed E-state index contributed by atoms with van der Waals surface area (Å²) in [6, 6.07) is 24.8. The number of hydrogen-bond donors (Lipinski definition) is 0. The maximum absolute atomic E-state index is 14.3. The van der Waals surface area contributed by atoms with E-state index >= 15 is 0 Å². The summed E-state index contributed by atoms with van der Waals surface area (Å²) in [6.07, 6.45) is 0.319. The van der Waals surface area contributed by atoms with Crippen molar-refractivity contribution in [2.45, 2.75) is 25.3 Å². The topological polar surface area (TPSA) is 38.1 Å². The van der Waals surface area contributed by atoms with E-state index in [1.807, 2.05) is 36.4 Å². The van der Waals surface area contributed by atoms with Gasteiger partial charge < -0.3 is 9.47 Å². The van der Waals surface area contributed by atoms with E-state index in [0.29, 0.717) is 18.7 Å². The van der Waals surface area contributed by atoms with E-state index in [9.17, 15) is 9.18 Å². The van der Waals surface area contributed by atoms with E-state index in [2.05, 4.69) is 29.7 Å². The predicted octanol–water partition coefficient (Wildman–Crippen LogP) is 5.31. The third-order valence-corrected chi connectivity index (χ3v) is 5.93. The van der Waals surface area contributed by atoms with Crippen LogP contribution in [0, 0.1) is 5.82 Å². The third kappa shape index (κ3) is 3.07. The van der Waals surface area contributed by atoms with Gasteiger partial charge in [0.25, 0.3) is 0 Å². The maximum atomic E-state index is 14.3. The largest absolute Gasteiger partial charge is 0.320 e. The smallest absolute Gasteiger partial charge is 0.227 e. The number of hydrogen-bond acceptors (Lipinski definition) is 2. The van der Waals surface area contributed by atoms with Crippen molar-refractivity contribution >= 4 is 22.6 Å². The first-order chi connectivity index (χ1) is 14.6. The van der Waals surface area contributed by atoms with Gasteiger partial charge in [0.2, 0.25) is 5.91 Å². The van der Waals surface area contributed by atoms with Crippen LogP contribution in [0.1, 0.15) is 36.7 Å². The highest BCUT2D eigenvalue weighted by atomic mass is 19.1. The highest BCUT2D eigenvalue weighted by Gasteiger charge is 2.36. The number of benzene rings is 3. The van der Waals surface area contributed by atoms with Crippen LogP contribution < -0.4 is 4.90 Å². The molecule has 150 valence electrons. The second-order valence-electron chi connectivity index (χ2n) is 7.77. The molecule has 0 saturated carbocycles. The minimum Gasteiger partial charge on any atom is -0.320 e. The van der Waals surface area contributed by atoms with Gasteiger partial charge in [0.15, 0.2) is 0 Å². The van der Waals surface area contributed by atoms with Crippen molar-refractivity contribution in [2.24, 2.45) is 0 Å². The molecular formula is C25H22FN3O. The van der Waals surface area contributed by atoms with Crippen LogP contribution in [0.15, 0.2) is 78.9 Å². The molecule has 0 N–H and O–H groups in total. The minimum atomic E-state index is -0.377. The van der Waals surface area contributed by atoms with Crippen LogP contribution >= 0.6 is 0 Å². The van der Waals surface area contributed by atoms with Crippen LogP contribution in [0.3, 0.4) is 0 Å². The molecule has 5 rings (SSSR count). The molecule has 0 radical (unpaired) electrons. The normalized spacial score (nSPS) is 17.6. The SMILES string of the molecule is C[C@H](c1ccccc1)n1c([C@@H]2CC(=O)N(c3ccccc3F)C2)nc2ccccc21. The molecule has 5 heteroatoms. The second kappa shape index (κ2) is 7.41. The van der Waals surface area contributed by atoms with Crippen LogP contribution in [0.25, 0.3) is 11.0 Å². The van der Waals surface area contributed by atoms with Gasteiger partial charge in [0.05, 0.1) is 22.8 Å². The van der Waals surface area contributed by atoms with Crippen molar-refractivity contribution in [3.8, 4) is 0 Å². The van der Waals surface area contributed by atoms with Crippen LogP contribution in [0.4, 0.5) is 10.1 Å². The summed E-state index contributed by atoms with van der Waals surface area (Å²) in [5.74, 6) is 0.323. The number of anilines is 1. The molecule has 0 aliphatic carbocycles. The van der Waals surface area contributed by atoms with Crippen molar-refractivity contribution in [3.63, 3.8) is 0 Å². The zero-order valence-corrected chi connectivity index (χ0v) is 16.7. The lowest BCUT2D eigenvalue weighted by Crippen LogP contribution is -2.25. The Hall–Kier alpha value is -3.47. The van der Waals surface area contributed by atoms with E-state index in [1.165, 1.54) is 11.6 Å². The fourth-order valence-corrected chi connectivity index (χ4v) is 4.42. The molecule has 1 saturated heterocycles. The zero-order chi connectivity index (χ0) is 20.7. The first-order valence-electron chi connectivity index (χ1n) is 10.2. The van der Waals surface area contributed by atoms with Crippen molar-refractivity contribution in [2.75, 3.05) is 11.4 Å². The first-order valence-corrected chi connectivity index (χ1v) is 10.2. The van der Waals surface area contributed by atoms with Gasteiger partial charge in [-0.1, -0.05) is 54.6 Å². The van der Waals surface area contributed by atoms with Crippen molar-refractivity contribution in [1.29, 1.82) is 0 Å². The summed E-state index contributed by atoms with van der Waals surface area (Å²) < 4.78 is 16.6. The number of para-hydroxylation sites is 3. The molecule has 0 bridgehead atoms. The monoisotopic (exact) mass is 399 g/mol. The van der Waals surface area contributed by atoms with Crippen LogP contribution in [-0.4, -0.2) is 22.0 Å². The fourth-order valence-electron chi connectivity index (χ4n) is 4.42. The quantitative estimate of drug-likeness (QED) is 0.467. The standard InChI is InChI=1S/C25H22FN3O/c1-17(18-9-3-2-4-10-18)29-23-14-8-6-12-21(23)27-25(29)19-15-24(30)28(16-19)22-13-7-5-11-20(22)26/h2-14,17,19H,15-16H2,1H3/t17-,19-/m1/s1. The average Bonchev–Trinajstić information content (AvgIpc) is 3.35. The number of carbonyl (C=O) groups is 1. The number of nitrogens with zero attached hydrogens (tertiary/aromatic N) is 3. The first kappa shape index (κ1) is 18.6. The van der Waals surface area contributed by atoms with E-state index in [1.54, 1.807) is 23.1 Å². The molecule has 1 aliphatic heterocycles. The second-order valence-corrected chi connectivity index (χ2v) is 7.77. The molecule has 1 aliphatic rings. The molecule has 4 nitrogen and oxygen atoms in total. The zero-order valence-electron chi connectivity index (χ0n) is 16.7. The Bertz CT molecular complexity index is 1220. The molecule has 0 spiro atoms. The molecule has 2 atom stereocenters. The number of imidazole rings is 1. The molecule has 4 aromatic rings. The van der Waals surface area contributed by atoms with Gasteiger partial charge in [0, 0.05) is 18.9 Å². The molecule has 2 heterocycles. The minimum absolute atomic E-state index is 0.0613. The summed E-state index contributed by atoms with van der Waals surface area (Å²) in [5.41, 5.74) is 3.47. The lowest BCUT2D eigenvalue weighted by Gasteiger charge is -2.21. The number of amides is 1. The molecule has 1 amide bonds. The molecule has 1 fully saturated rings.